The smallest absolute Gasteiger partial charge is 0.116 e. The highest BCUT2D eigenvalue weighted by Crippen LogP contribution is 2.27. The summed E-state index contributed by atoms with van der Waals surface area (Å²) < 4.78 is 3.04. The molecule has 4 nitrogen and oxygen atoms in total. The lowest BCUT2D eigenvalue weighted by atomic mass is 10.3. The lowest BCUT2D eigenvalue weighted by Crippen LogP contribution is -1.97. The minimum atomic E-state index is 0.848. The van der Waals surface area contributed by atoms with E-state index in [4.69, 9.17) is 0 Å². The Hall–Kier alpha value is -0.880. The molecule has 0 unspecified atom stereocenters. The predicted molar refractivity (Wildman–Crippen MR) is 71.9 cm³/mol. The number of aryl methyl sites for hydroxylation is 2. The molecule has 0 N–H and O–H groups in total. The summed E-state index contributed by atoms with van der Waals surface area (Å²) in [6, 6.07) is 1.91. The first-order chi connectivity index (χ1) is 8.22. The van der Waals surface area contributed by atoms with E-state index in [1.807, 2.05) is 17.8 Å². The van der Waals surface area contributed by atoms with Crippen LogP contribution in [-0.4, -0.2) is 19.7 Å². The molecule has 0 amide bonds. The number of rotatable bonds is 4. The Morgan fingerprint density at radius 1 is 1.47 bits per heavy atom. The Kier molecular flexibility index (Phi) is 4.17. The third-order valence-corrected chi connectivity index (χ3v) is 4.28. The summed E-state index contributed by atoms with van der Waals surface area (Å²) in [5, 5.41) is 5.44. The van der Waals surface area contributed by atoms with Gasteiger partial charge in [0.15, 0.2) is 0 Å². The minimum absolute atomic E-state index is 0.848. The Morgan fingerprint density at radius 2 is 2.29 bits per heavy atom. The first-order valence-electron chi connectivity index (χ1n) is 5.31. The Balaban J connectivity index is 2.12. The molecule has 0 atom stereocenters. The van der Waals surface area contributed by atoms with Crippen LogP contribution in [0.15, 0.2) is 28.1 Å². The minimum Gasteiger partial charge on any atom is -0.270 e. The maximum absolute atomic E-state index is 4.46. The van der Waals surface area contributed by atoms with E-state index >= 15 is 0 Å². The maximum Gasteiger partial charge on any atom is 0.116 e. The van der Waals surface area contributed by atoms with Crippen LogP contribution in [0.5, 0.6) is 0 Å². The van der Waals surface area contributed by atoms with Gasteiger partial charge in [-0.3, -0.25) is 4.68 Å². The van der Waals surface area contributed by atoms with E-state index in [0.717, 1.165) is 27.4 Å². The van der Waals surface area contributed by atoms with Crippen molar-refractivity contribution in [1.82, 2.24) is 19.7 Å². The van der Waals surface area contributed by atoms with Crippen LogP contribution in [0.3, 0.4) is 0 Å². The molecule has 0 aliphatic carbocycles. The monoisotopic (exact) mass is 312 g/mol. The van der Waals surface area contributed by atoms with Crippen LogP contribution in [0.1, 0.15) is 18.3 Å². The van der Waals surface area contributed by atoms with E-state index in [1.165, 1.54) is 5.69 Å². The molecule has 0 fully saturated rings. The van der Waals surface area contributed by atoms with Gasteiger partial charge >= 0.3 is 0 Å². The molecule has 2 rings (SSSR count). The summed E-state index contributed by atoms with van der Waals surface area (Å²) in [6.07, 6.45) is 4.26. The fourth-order valence-electron chi connectivity index (χ4n) is 1.48. The highest BCUT2D eigenvalue weighted by Gasteiger charge is 2.12. The van der Waals surface area contributed by atoms with Gasteiger partial charge in [-0.2, -0.15) is 5.10 Å². The summed E-state index contributed by atoms with van der Waals surface area (Å²) in [4.78, 5) is 8.09. The van der Waals surface area contributed by atoms with Gasteiger partial charge in [-0.05, 0) is 28.4 Å². The SMILES string of the molecule is CCc1nn(C)c(CSc2ccncn2)c1Br. The second kappa shape index (κ2) is 5.64. The molecular formula is C11H13BrN4S. The molecule has 0 spiro atoms. The third-order valence-electron chi connectivity index (χ3n) is 2.41. The molecule has 0 bridgehead atoms. The molecule has 0 saturated carbocycles. The van der Waals surface area contributed by atoms with Crippen molar-refractivity contribution < 1.29 is 0 Å². The fraction of sp³-hybridized carbons (Fsp3) is 0.364. The van der Waals surface area contributed by atoms with E-state index in [2.05, 4.69) is 37.9 Å². The van der Waals surface area contributed by atoms with Crippen LogP contribution in [-0.2, 0) is 19.2 Å². The van der Waals surface area contributed by atoms with Crippen molar-refractivity contribution in [3.8, 4) is 0 Å². The van der Waals surface area contributed by atoms with E-state index < -0.39 is 0 Å². The molecule has 6 heteroatoms. The number of nitrogens with zero attached hydrogens (tertiary/aromatic N) is 4. The summed E-state index contributed by atoms with van der Waals surface area (Å²) >= 11 is 5.29. The van der Waals surface area contributed by atoms with Crippen LogP contribution in [0, 0.1) is 0 Å². The van der Waals surface area contributed by atoms with Gasteiger partial charge in [0, 0.05) is 19.0 Å². The summed E-state index contributed by atoms with van der Waals surface area (Å²) in [5.74, 6) is 0.848. The Bertz CT molecular complexity index is 498. The van der Waals surface area contributed by atoms with Gasteiger partial charge in [0.2, 0.25) is 0 Å². The van der Waals surface area contributed by atoms with Gasteiger partial charge in [-0.1, -0.05) is 18.7 Å². The molecule has 0 aromatic carbocycles. The number of hydrogen-bond donors (Lipinski definition) is 0. The van der Waals surface area contributed by atoms with Gasteiger partial charge in [0.05, 0.1) is 20.9 Å². The van der Waals surface area contributed by atoms with Crippen LogP contribution in [0.2, 0.25) is 0 Å². The van der Waals surface area contributed by atoms with Crippen molar-refractivity contribution in [2.24, 2.45) is 7.05 Å². The van der Waals surface area contributed by atoms with Gasteiger partial charge in [-0.15, -0.1) is 0 Å². The van der Waals surface area contributed by atoms with Crippen molar-refractivity contribution in [2.45, 2.75) is 24.1 Å². The van der Waals surface area contributed by atoms with Gasteiger partial charge in [0.1, 0.15) is 6.33 Å². The number of halogens is 1. The van der Waals surface area contributed by atoms with Crippen LogP contribution < -0.4 is 0 Å². The standard InChI is InChI=1S/C11H13BrN4S/c1-3-8-11(12)9(16(2)15-8)6-17-10-4-5-13-7-14-10/h4-5,7H,3,6H2,1-2H3. The van der Waals surface area contributed by atoms with Gasteiger partial charge in [-0.25, -0.2) is 9.97 Å². The number of aromatic nitrogens is 4. The van der Waals surface area contributed by atoms with Crippen molar-refractivity contribution in [1.29, 1.82) is 0 Å². The molecular weight excluding hydrogens is 300 g/mol. The van der Waals surface area contributed by atoms with Crippen molar-refractivity contribution in [3.63, 3.8) is 0 Å². The number of thioether (sulfide) groups is 1. The van der Waals surface area contributed by atoms with E-state index in [-0.39, 0.29) is 0 Å². The Morgan fingerprint density at radius 3 is 2.88 bits per heavy atom. The van der Waals surface area contributed by atoms with Crippen molar-refractivity contribution >= 4 is 27.7 Å². The molecule has 2 aromatic rings. The summed E-state index contributed by atoms with van der Waals surface area (Å²) in [7, 11) is 1.97. The van der Waals surface area contributed by atoms with Gasteiger partial charge in [0.25, 0.3) is 0 Å². The van der Waals surface area contributed by atoms with E-state index in [1.54, 1.807) is 24.3 Å². The van der Waals surface area contributed by atoms with Crippen molar-refractivity contribution in [2.75, 3.05) is 0 Å². The van der Waals surface area contributed by atoms with Gasteiger partial charge < -0.3 is 0 Å². The second-order valence-corrected chi connectivity index (χ2v) is 5.31. The molecule has 0 aliphatic rings. The highest BCUT2D eigenvalue weighted by atomic mass is 79.9. The zero-order valence-corrected chi connectivity index (χ0v) is 12.1. The summed E-state index contributed by atoms with van der Waals surface area (Å²) in [5.41, 5.74) is 2.29. The fourth-order valence-corrected chi connectivity index (χ4v) is 3.32. The van der Waals surface area contributed by atoms with Crippen LogP contribution >= 0.6 is 27.7 Å². The van der Waals surface area contributed by atoms with E-state index in [0.29, 0.717) is 0 Å². The molecule has 0 saturated heterocycles. The highest BCUT2D eigenvalue weighted by molar-refractivity contribution is 9.10. The lowest BCUT2D eigenvalue weighted by Gasteiger charge is -2.02. The second-order valence-electron chi connectivity index (χ2n) is 3.52. The van der Waals surface area contributed by atoms with Crippen LogP contribution in [0.25, 0.3) is 0 Å². The largest absolute Gasteiger partial charge is 0.270 e. The first kappa shape index (κ1) is 12.6. The molecule has 17 heavy (non-hydrogen) atoms. The Labute approximate surface area is 113 Å². The van der Waals surface area contributed by atoms with E-state index in [9.17, 15) is 0 Å². The maximum atomic E-state index is 4.46. The van der Waals surface area contributed by atoms with Crippen molar-refractivity contribution in [3.05, 3.63) is 34.5 Å². The summed E-state index contributed by atoms with van der Waals surface area (Å²) in [6.45, 7) is 2.11. The normalized spacial score (nSPS) is 10.8. The number of hydrogen-bond acceptors (Lipinski definition) is 4. The molecule has 0 aliphatic heterocycles. The average molecular weight is 313 g/mol. The molecule has 90 valence electrons. The quantitative estimate of drug-likeness (QED) is 0.643. The molecule has 0 radical (unpaired) electrons. The zero-order valence-electron chi connectivity index (χ0n) is 9.72. The zero-order chi connectivity index (χ0) is 12.3. The van der Waals surface area contributed by atoms with Crippen LogP contribution in [0.4, 0.5) is 0 Å². The predicted octanol–water partition coefficient (Wildman–Crippen LogP) is 2.83. The molecule has 2 heterocycles. The molecule has 2 aromatic heterocycles. The topological polar surface area (TPSA) is 43.6 Å². The third kappa shape index (κ3) is 2.87. The average Bonchev–Trinajstić information content (AvgIpc) is 2.63. The first-order valence-corrected chi connectivity index (χ1v) is 7.09. The lowest BCUT2D eigenvalue weighted by molar-refractivity contribution is 0.719.